The summed E-state index contributed by atoms with van der Waals surface area (Å²) in [5.74, 6) is -0.293. The molecule has 32 heavy (non-hydrogen) atoms. The van der Waals surface area contributed by atoms with Crippen LogP contribution in [0.25, 0.3) is 10.8 Å². The fraction of sp³-hybridized carbons (Fsp3) is 0.435. The highest BCUT2D eigenvalue weighted by Crippen LogP contribution is 2.26. The minimum atomic E-state index is -0.522. The molecule has 8 nitrogen and oxygen atoms in total. The van der Waals surface area contributed by atoms with Gasteiger partial charge in [0.25, 0.3) is 5.56 Å². The van der Waals surface area contributed by atoms with Crippen LogP contribution in [0.4, 0.5) is 5.13 Å². The summed E-state index contributed by atoms with van der Waals surface area (Å²) in [6.07, 6.45) is 0.635. The number of thiazole rings is 1. The average Bonchev–Trinajstić information content (AvgIpc) is 3.11. The molecule has 3 rings (SSSR count). The predicted octanol–water partition coefficient (Wildman–Crippen LogP) is 3.68. The number of amides is 1. The molecule has 0 bridgehead atoms. The molecule has 170 valence electrons. The molecule has 2 heterocycles. The van der Waals surface area contributed by atoms with Gasteiger partial charge in [0.15, 0.2) is 10.8 Å². The zero-order valence-corrected chi connectivity index (χ0v) is 19.8. The molecule has 0 saturated heterocycles. The quantitative estimate of drug-likeness (QED) is 0.519. The maximum absolute atomic E-state index is 12.8. The number of carbonyl (C=O) groups excluding carboxylic acids is 2. The lowest BCUT2D eigenvalue weighted by Gasteiger charge is -2.12. The maximum atomic E-state index is 12.8. The fourth-order valence-electron chi connectivity index (χ4n) is 3.39. The molecule has 3 aromatic rings. The van der Waals surface area contributed by atoms with E-state index < -0.39 is 5.97 Å². The van der Waals surface area contributed by atoms with Crippen molar-refractivity contribution in [1.82, 2.24) is 14.8 Å². The van der Waals surface area contributed by atoms with Crippen molar-refractivity contribution in [1.29, 1.82) is 0 Å². The van der Waals surface area contributed by atoms with Gasteiger partial charge < -0.3 is 10.1 Å². The average molecular weight is 457 g/mol. The summed E-state index contributed by atoms with van der Waals surface area (Å²) < 4.78 is 6.25. The van der Waals surface area contributed by atoms with Crippen LogP contribution in [0.15, 0.2) is 29.1 Å². The molecule has 0 unspecified atom stereocenters. The van der Waals surface area contributed by atoms with Crippen molar-refractivity contribution in [2.75, 3.05) is 12.4 Å². The Morgan fingerprint density at radius 3 is 2.44 bits per heavy atom. The lowest BCUT2D eigenvalue weighted by atomic mass is 10.1. The van der Waals surface area contributed by atoms with Gasteiger partial charge in [-0.2, -0.15) is 5.10 Å². The Morgan fingerprint density at radius 1 is 1.12 bits per heavy atom. The molecule has 2 aromatic heterocycles. The number of carbonyl (C=O) groups is 2. The second-order valence-electron chi connectivity index (χ2n) is 8.48. The van der Waals surface area contributed by atoms with E-state index in [2.05, 4.69) is 15.4 Å². The van der Waals surface area contributed by atoms with Crippen LogP contribution >= 0.6 is 11.3 Å². The zero-order valence-electron chi connectivity index (χ0n) is 19.0. The van der Waals surface area contributed by atoms with Gasteiger partial charge in [0.05, 0.1) is 24.6 Å². The van der Waals surface area contributed by atoms with Gasteiger partial charge in [0, 0.05) is 16.8 Å². The van der Waals surface area contributed by atoms with Gasteiger partial charge in [0.2, 0.25) is 5.91 Å². The number of rotatable bonds is 8. The van der Waals surface area contributed by atoms with Crippen LogP contribution in [0.5, 0.6) is 0 Å². The van der Waals surface area contributed by atoms with Crippen molar-refractivity contribution >= 4 is 39.1 Å². The van der Waals surface area contributed by atoms with Crippen LogP contribution in [-0.4, -0.2) is 33.8 Å². The molecule has 1 amide bonds. The highest BCUT2D eigenvalue weighted by atomic mass is 32.1. The van der Waals surface area contributed by atoms with E-state index in [1.165, 1.54) is 23.1 Å². The summed E-state index contributed by atoms with van der Waals surface area (Å²) in [7, 11) is 1.31. The molecule has 0 fully saturated rings. The molecule has 0 aliphatic rings. The molecule has 1 N–H and O–H groups in total. The van der Waals surface area contributed by atoms with Gasteiger partial charge in [0.1, 0.15) is 0 Å². The van der Waals surface area contributed by atoms with E-state index in [0.29, 0.717) is 40.5 Å². The van der Waals surface area contributed by atoms with E-state index in [9.17, 15) is 14.4 Å². The Morgan fingerprint density at radius 2 is 1.81 bits per heavy atom. The van der Waals surface area contributed by atoms with Crippen molar-refractivity contribution in [3.8, 4) is 0 Å². The van der Waals surface area contributed by atoms with E-state index in [1.807, 2.05) is 33.8 Å². The third-order valence-corrected chi connectivity index (χ3v) is 5.72. The van der Waals surface area contributed by atoms with Crippen LogP contribution in [0, 0.1) is 11.8 Å². The number of methoxy groups -OCH3 is 1. The third kappa shape index (κ3) is 5.40. The number of nitrogens with one attached hydrogen (secondary N) is 1. The van der Waals surface area contributed by atoms with Gasteiger partial charge >= 0.3 is 5.97 Å². The lowest BCUT2D eigenvalue weighted by molar-refractivity contribution is -0.115. The number of aromatic nitrogens is 3. The SMILES string of the molecule is COC(=O)c1nc(NC(=O)Cc2nn(CC(C)C)c(=O)c3ccccc23)sc1CC(C)C. The monoisotopic (exact) mass is 456 g/mol. The highest BCUT2D eigenvalue weighted by molar-refractivity contribution is 7.16. The number of anilines is 1. The smallest absolute Gasteiger partial charge is 0.357 e. The summed E-state index contributed by atoms with van der Waals surface area (Å²) in [5, 5.41) is 8.78. The molecule has 0 spiro atoms. The van der Waals surface area contributed by atoms with Crippen molar-refractivity contribution < 1.29 is 14.3 Å². The summed E-state index contributed by atoms with van der Waals surface area (Å²) in [6, 6.07) is 7.16. The number of nitrogens with zero attached hydrogens (tertiary/aromatic N) is 3. The topological polar surface area (TPSA) is 103 Å². The zero-order chi connectivity index (χ0) is 23.4. The number of hydrogen-bond donors (Lipinski definition) is 1. The molecular weight excluding hydrogens is 428 g/mol. The first kappa shape index (κ1) is 23.6. The predicted molar refractivity (Wildman–Crippen MR) is 125 cm³/mol. The van der Waals surface area contributed by atoms with E-state index in [-0.39, 0.29) is 29.5 Å². The van der Waals surface area contributed by atoms with Crippen LogP contribution < -0.4 is 10.9 Å². The second-order valence-corrected chi connectivity index (χ2v) is 9.56. The number of esters is 1. The van der Waals surface area contributed by atoms with Crippen LogP contribution in [0.1, 0.15) is 48.8 Å². The second kappa shape index (κ2) is 10.0. The van der Waals surface area contributed by atoms with Gasteiger partial charge in [-0.15, -0.1) is 11.3 Å². The third-order valence-electron chi connectivity index (χ3n) is 4.73. The van der Waals surface area contributed by atoms with E-state index in [4.69, 9.17) is 4.74 Å². The first-order valence-electron chi connectivity index (χ1n) is 10.6. The minimum Gasteiger partial charge on any atom is -0.464 e. The van der Waals surface area contributed by atoms with Crippen LogP contribution in [-0.2, 0) is 28.9 Å². The first-order valence-corrected chi connectivity index (χ1v) is 11.4. The molecular formula is C23H28N4O4S. The Bertz CT molecular complexity index is 1200. The van der Waals surface area contributed by atoms with Crippen molar-refractivity contribution in [3.05, 3.63) is 50.9 Å². The molecule has 0 saturated carbocycles. The van der Waals surface area contributed by atoms with Gasteiger partial charge in [-0.1, -0.05) is 45.9 Å². The van der Waals surface area contributed by atoms with Crippen molar-refractivity contribution in [2.45, 2.75) is 47.1 Å². The molecule has 0 atom stereocenters. The standard InChI is InChI=1S/C23H28N4O4S/c1-13(2)10-18-20(22(30)31-5)25-23(32-18)24-19(28)11-17-15-8-6-7-9-16(15)21(29)27(26-17)12-14(3)4/h6-9,13-14H,10-12H2,1-5H3,(H,24,25,28). The molecule has 0 aliphatic carbocycles. The number of benzene rings is 1. The van der Waals surface area contributed by atoms with Crippen LogP contribution in [0.2, 0.25) is 0 Å². The largest absolute Gasteiger partial charge is 0.464 e. The van der Waals surface area contributed by atoms with E-state index >= 15 is 0 Å². The number of fused-ring (bicyclic) bond motifs is 1. The summed E-state index contributed by atoms with van der Waals surface area (Å²) in [5.41, 5.74) is 0.584. The van der Waals surface area contributed by atoms with Crippen LogP contribution in [0.3, 0.4) is 0 Å². The van der Waals surface area contributed by atoms with Crippen molar-refractivity contribution in [3.63, 3.8) is 0 Å². The van der Waals surface area contributed by atoms with Gasteiger partial charge in [-0.3, -0.25) is 9.59 Å². The Hall–Kier alpha value is -3.07. The minimum absolute atomic E-state index is 0.0223. The maximum Gasteiger partial charge on any atom is 0.357 e. The van der Waals surface area contributed by atoms with Gasteiger partial charge in [-0.05, 0) is 24.3 Å². The molecule has 0 aliphatic heterocycles. The summed E-state index contributed by atoms with van der Waals surface area (Å²) in [4.78, 5) is 42.7. The fourth-order valence-corrected chi connectivity index (χ4v) is 4.57. The van der Waals surface area contributed by atoms with Crippen molar-refractivity contribution in [2.24, 2.45) is 11.8 Å². The Kier molecular flexibility index (Phi) is 7.40. The Labute approximate surface area is 190 Å². The Balaban J connectivity index is 1.89. The van der Waals surface area contributed by atoms with Gasteiger partial charge in [-0.25, -0.2) is 14.5 Å². The highest BCUT2D eigenvalue weighted by Gasteiger charge is 2.21. The van der Waals surface area contributed by atoms with E-state index in [1.54, 1.807) is 18.2 Å². The van der Waals surface area contributed by atoms with E-state index in [0.717, 1.165) is 4.88 Å². The number of ether oxygens (including phenoxy) is 1. The first-order chi connectivity index (χ1) is 15.2. The lowest BCUT2D eigenvalue weighted by Crippen LogP contribution is -2.28. The number of hydrogen-bond acceptors (Lipinski definition) is 7. The molecule has 0 radical (unpaired) electrons. The normalized spacial score (nSPS) is 11.3. The molecule has 9 heteroatoms. The summed E-state index contributed by atoms with van der Waals surface area (Å²) >= 11 is 1.27. The molecule has 1 aromatic carbocycles. The summed E-state index contributed by atoms with van der Waals surface area (Å²) in [6.45, 7) is 8.56.